The molecule has 0 saturated carbocycles. The lowest BCUT2D eigenvalue weighted by Crippen LogP contribution is -2.15. The number of halogens is 3. The molecule has 9 heteroatoms. The average molecular weight is 409 g/mol. The van der Waals surface area contributed by atoms with Crippen molar-refractivity contribution in [3.05, 3.63) is 53.8 Å². The maximum atomic E-state index is 13.1. The fourth-order valence-electron chi connectivity index (χ4n) is 2.66. The Hall–Kier alpha value is -3.20. The Labute approximate surface area is 164 Å². The van der Waals surface area contributed by atoms with Gasteiger partial charge in [0.1, 0.15) is 12.4 Å². The quantitative estimate of drug-likeness (QED) is 0.571. The highest BCUT2D eigenvalue weighted by Gasteiger charge is 2.31. The number of benzene rings is 2. The SMILES string of the molecule is COCCOc1ccc(C(F)(F)F)cc1NC(=O)c1cc2cccc(OC)c2o1. The Kier molecular flexibility index (Phi) is 5.97. The van der Waals surface area contributed by atoms with Gasteiger partial charge in [-0.1, -0.05) is 12.1 Å². The number of nitrogens with one attached hydrogen (secondary N) is 1. The van der Waals surface area contributed by atoms with E-state index >= 15 is 0 Å². The molecule has 6 nitrogen and oxygen atoms in total. The van der Waals surface area contributed by atoms with Crippen LogP contribution in [0.15, 0.2) is 46.9 Å². The predicted octanol–water partition coefficient (Wildman–Crippen LogP) is 4.74. The summed E-state index contributed by atoms with van der Waals surface area (Å²) in [5, 5.41) is 3.05. The summed E-state index contributed by atoms with van der Waals surface area (Å²) < 4.78 is 60.3. The van der Waals surface area contributed by atoms with E-state index in [-0.39, 0.29) is 30.4 Å². The van der Waals surface area contributed by atoms with E-state index in [1.807, 2.05) is 0 Å². The van der Waals surface area contributed by atoms with Crippen molar-refractivity contribution in [1.82, 2.24) is 0 Å². The summed E-state index contributed by atoms with van der Waals surface area (Å²) in [5.74, 6) is -0.287. The van der Waals surface area contributed by atoms with Gasteiger partial charge < -0.3 is 23.9 Å². The molecule has 0 unspecified atom stereocenters. The Morgan fingerprint density at radius 2 is 1.86 bits per heavy atom. The molecular formula is C20H18F3NO5. The van der Waals surface area contributed by atoms with Crippen LogP contribution in [-0.4, -0.2) is 33.3 Å². The molecule has 0 aliphatic heterocycles. The topological polar surface area (TPSA) is 69.9 Å². The summed E-state index contributed by atoms with van der Waals surface area (Å²) in [6.45, 7) is 0.338. The zero-order valence-electron chi connectivity index (χ0n) is 15.6. The van der Waals surface area contributed by atoms with Crippen LogP contribution >= 0.6 is 0 Å². The van der Waals surface area contributed by atoms with Crippen LogP contribution in [0.5, 0.6) is 11.5 Å². The number of hydrogen-bond acceptors (Lipinski definition) is 5. The van der Waals surface area contributed by atoms with Crippen molar-refractivity contribution < 1.29 is 36.6 Å². The zero-order valence-corrected chi connectivity index (χ0v) is 15.6. The standard InChI is InChI=1S/C20H18F3NO5/c1-26-8-9-28-15-7-6-13(20(21,22)23)11-14(15)24-19(25)17-10-12-4-3-5-16(27-2)18(12)29-17/h3-7,10-11H,8-9H2,1-2H3,(H,24,25). The molecule has 1 aromatic heterocycles. The molecule has 0 radical (unpaired) electrons. The molecule has 0 bridgehead atoms. The summed E-state index contributed by atoms with van der Waals surface area (Å²) in [4.78, 5) is 12.6. The second-order valence-corrected chi connectivity index (χ2v) is 5.99. The van der Waals surface area contributed by atoms with Gasteiger partial charge in [-0.05, 0) is 30.3 Å². The number of amides is 1. The molecule has 1 N–H and O–H groups in total. The van der Waals surface area contributed by atoms with Crippen LogP contribution in [0.3, 0.4) is 0 Å². The number of alkyl halides is 3. The van der Waals surface area contributed by atoms with Crippen LogP contribution in [0.2, 0.25) is 0 Å². The first-order chi connectivity index (χ1) is 13.8. The van der Waals surface area contributed by atoms with Crippen molar-refractivity contribution in [3.8, 4) is 11.5 Å². The van der Waals surface area contributed by atoms with E-state index in [2.05, 4.69) is 5.32 Å². The normalized spacial score (nSPS) is 11.5. The second kappa shape index (κ2) is 8.44. The Morgan fingerprint density at radius 3 is 2.55 bits per heavy atom. The molecular weight excluding hydrogens is 391 g/mol. The first-order valence-electron chi connectivity index (χ1n) is 8.54. The molecule has 2 aromatic carbocycles. The monoisotopic (exact) mass is 409 g/mol. The second-order valence-electron chi connectivity index (χ2n) is 5.99. The Balaban J connectivity index is 1.91. The Bertz CT molecular complexity index is 1010. The van der Waals surface area contributed by atoms with E-state index in [0.717, 1.165) is 18.2 Å². The summed E-state index contributed by atoms with van der Waals surface area (Å²) in [5.41, 5.74) is -0.688. The van der Waals surface area contributed by atoms with Crippen LogP contribution in [-0.2, 0) is 10.9 Å². The van der Waals surface area contributed by atoms with Crippen molar-refractivity contribution in [1.29, 1.82) is 0 Å². The maximum Gasteiger partial charge on any atom is 0.416 e. The summed E-state index contributed by atoms with van der Waals surface area (Å²) in [6, 6.07) is 9.44. The highest BCUT2D eigenvalue weighted by atomic mass is 19.4. The van der Waals surface area contributed by atoms with Gasteiger partial charge in [-0.25, -0.2) is 0 Å². The third-order valence-corrected chi connectivity index (χ3v) is 4.05. The molecule has 0 spiro atoms. The summed E-state index contributed by atoms with van der Waals surface area (Å²) in [7, 11) is 2.93. The number of furan rings is 1. The van der Waals surface area contributed by atoms with E-state index in [1.165, 1.54) is 20.3 Å². The Morgan fingerprint density at radius 1 is 1.07 bits per heavy atom. The van der Waals surface area contributed by atoms with E-state index < -0.39 is 17.6 Å². The van der Waals surface area contributed by atoms with Gasteiger partial charge in [0.15, 0.2) is 17.1 Å². The number of methoxy groups -OCH3 is 2. The van der Waals surface area contributed by atoms with E-state index in [0.29, 0.717) is 16.7 Å². The fourth-order valence-corrected chi connectivity index (χ4v) is 2.66. The minimum atomic E-state index is -4.57. The first kappa shape index (κ1) is 20.5. The third-order valence-electron chi connectivity index (χ3n) is 4.05. The number of anilines is 1. The number of fused-ring (bicyclic) bond motifs is 1. The highest BCUT2D eigenvalue weighted by Crippen LogP contribution is 2.36. The van der Waals surface area contributed by atoms with Crippen molar-refractivity contribution in [2.24, 2.45) is 0 Å². The minimum Gasteiger partial charge on any atom is -0.493 e. The van der Waals surface area contributed by atoms with Crippen molar-refractivity contribution >= 4 is 22.6 Å². The molecule has 0 aliphatic rings. The molecule has 3 aromatic rings. The number of ether oxygens (including phenoxy) is 3. The predicted molar refractivity (Wildman–Crippen MR) is 99.5 cm³/mol. The van der Waals surface area contributed by atoms with Crippen LogP contribution in [0, 0.1) is 0 Å². The van der Waals surface area contributed by atoms with Crippen molar-refractivity contribution in [2.45, 2.75) is 6.18 Å². The van der Waals surface area contributed by atoms with Crippen LogP contribution in [0.4, 0.5) is 18.9 Å². The van der Waals surface area contributed by atoms with Gasteiger partial charge in [0.2, 0.25) is 0 Å². The lowest BCUT2D eigenvalue weighted by Gasteiger charge is -2.15. The number of rotatable bonds is 7. The molecule has 1 heterocycles. The lowest BCUT2D eigenvalue weighted by atomic mass is 10.1. The average Bonchev–Trinajstić information content (AvgIpc) is 3.13. The minimum absolute atomic E-state index is 0.0789. The third kappa shape index (κ3) is 4.62. The molecule has 0 fully saturated rings. The molecule has 1 amide bonds. The van der Waals surface area contributed by atoms with Crippen LogP contribution in [0.25, 0.3) is 11.0 Å². The maximum absolute atomic E-state index is 13.1. The highest BCUT2D eigenvalue weighted by molar-refractivity contribution is 6.05. The largest absolute Gasteiger partial charge is 0.493 e. The van der Waals surface area contributed by atoms with Gasteiger partial charge in [0, 0.05) is 12.5 Å². The van der Waals surface area contributed by atoms with Gasteiger partial charge in [-0.15, -0.1) is 0 Å². The van der Waals surface area contributed by atoms with Crippen molar-refractivity contribution in [3.63, 3.8) is 0 Å². The van der Waals surface area contributed by atoms with E-state index in [4.69, 9.17) is 18.6 Å². The van der Waals surface area contributed by atoms with Gasteiger partial charge in [-0.2, -0.15) is 13.2 Å². The molecule has 0 aliphatic carbocycles. The van der Waals surface area contributed by atoms with Gasteiger partial charge in [-0.3, -0.25) is 4.79 Å². The number of hydrogen-bond donors (Lipinski definition) is 1. The van der Waals surface area contributed by atoms with Gasteiger partial charge >= 0.3 is 6.18 Å². The number of carbonyl (C=O) groups excluding carboxylic acids is 1. The smallest absolute Gasteiger partial charge is 0.416 e. The lowest BCUT2D eigenvalue weighted by molar-refractivity contribution is -0.137. The number of carbonyl (C=O) groups is 1. The molecule has 3 rings (SSSR count). The van der Waals surface area contributed by atoms with Gasteiger partial charge in [0.25, 0.3) is 5.91 Å². The zero-order chi connectivity index (χ0) is 21.0. The van der Waals surface area contributed by atoms with E-state index in [9.17, 15) is 18.0 Å². The van der Waals surface area contributed by atoms with Crippen LogP contribution in [0.1, 0.15) is 16.1 Å². The van der Waals surface area contributed by atoms with Crippen molar-refractivity contribution in [2.75, 3.05) is 32.8 Å². The van der Waals surface area contributed by atoms with Crippen LogP contribution < -0.4 is 14.8 Å². The van der Waals surface area contributed by atoms with E-state index in [1.54, 1.807) is 18.2 Å². The molecule has 0 atom stereocenters. The molecule has 29 heavy (non-hydrogen) atoms. The molecule has 154 valence electrons. The summed E-state index contributed by atoms with van der Waals surface area (Å²) in [6.07, 6.45) is -4.57. The van der Waals surface area contributed by atoms with Gasteiger partial charge in [0.05, 0.1) is 25.0 Å². The molecule has 0 saturated heterocycles. The first-order valence-corrected chi connectivity index (χ1v) is 8.54. The number of para-hydroxylation sites is 1. The fraction of sp³-hybridized carbons (Fsp3) is 0.250. The summed E-state index contributed by atoms with van der Waals surface area (Å²) >= 11 is 0.